The quantitative estimate of drug-likeness (QED) is 0.768. The Morgan fingerprint density at radius 2 is 1.74 bits per heavy atom. The Balaban J connectivity index is 1.57. The maximum absolute atomic E-state index is 12.3. The SMILES string of the molecule is Cc1ccc(OCC(=O)NC[C@@H](c2ccc(Cl)cc2)N2CCCCC2)cc1. The molecule has 1 fully saturated rings. The van der Waals surface area contributed by atoms with Gasteiger partial charge >= 0.3 is 0 Å². The largest absolute Gasteiger partial charge is 0.484 e. The van der Waals surface area contributed by atoms with Crippen LogP contribution in [0.1, 0.15) is 36.4 Å². The van der Waals surface area contributed by atoms with Crippen LogP contribution in [-0.2, 0) is 4.79 Å². The molecule has 0 radical (unpaired) electrons. The molecule has 0 aliphatic carbocycles. The number of piperidine rings is 1. The third-order valence-corrected chi connectivity index (χ3v) is 5.22. The molecule has 0 aromatic heterocycles. The normalized spacial score (nSPS) is 15.9. The minimum Gasteiger partial charge on any atom is -0.484 e. The predicted octanol–water partition coefficient (Wildman–Crippen LogP) is 4.37. The minimum absolute atomic E-state index is 0.0242. The number of carbonyl (C=O) groups excluding carboxylic acids is 1. The van der Waals surface area contributed by atoms with Crippen LogP contribution in [0.2, 0.25) is 5.02 Å². The van der Waals surface area contributed by atoms with Gasteiger partial charge in [-0.1, -0.05) is 47.9 Å². The summed E-state index contributed by atoms with van der Waals surface area (Å²) < 4.78 is 5.58. The summed E-state index contributed by atoms with van der Waals surface area (Å²) in [6, 6.07) is 15.8. The van der Waals surface area contributed by atoms with E-state index in [-0.39, 0.29) is 18.6 Å². The molecule has 0 spiro atoms. The summed E-state index contributed by atoms with van der Waals surface area (Å²) in [5.74, 6) is 0.604. The van der Waals surface area contributed by atoms with Crippen molar-refractivity contribution in [2.24, 2.45) is 0 Å². The number of carbonyl (C=O) groups is 1. The smallest absolute Gasteiger partial charge is 0.258 e. The minimum atomic E-state index is -0.105. The summed E-state index contributed by atoms with van der Waals surface area (Å²) in [6.45, 7) is 4.73. The number of halogens is 1. The lowest BCUT2D eigenvalue weighted by molar-refractivity contribution is -0.123. The summed E-state index contributed by atoms with van der Waals surface area (Å²) >= 11 is 6.04. The standard InChI is InChI=1S/C22H27ClN2O2/c1-17-5-11-20(12-6-17)27-16-22(26)24-15-21(25-13-3-2-4-14-25)18-7-9-19(23)10-8-18/h5-12,21H,2-4,13-16H2,1H3,(H,24,26)/t21-/m0/s1. The van der Waals surface area contributed by atoms with Gasteiger partial charge in [-0.3, -0.25) is 9.69 Å². The Morgan fingerprint density at radius 3 is 2.41 bits per heavy atom. The third kappa shape index (κ3) is 5.98. The molecule has 4 nitrogen and oxygen atoms in total. The third-order valence-electron chi connectivity index (χ3n) is 4.97. The molecule has 0 saturated carbocycles. The molecule has 1 saturated heterocycles. The lowest BCUT2D eigenvalue weighted by Gasteiger charge is -2.35. The Bertz CT molecular complexity index is 725. The van der Waals surface area contributed by atoms with E-state index >= 15 is 0 Å². The van der Waals surface area contributed by atoms with E-state index in [9.17, 15) is 4.79 Å². The van der Waals surface area contributed by atoms with Crippen molar-refractivity contribution in [3.8, 4) is 5.75 Å². The Hall–Kier alpha value is -2.04. The number of aryl methyl sites for hydroxylation is 1. The van der Waals surface area contributed by atoms with Gasteiger partial charge < -0.3 is 10.1 Å². The van der Waals surface area contributed by atoms with Crippen LogP contribution in [-0.4, -0.2) is 37.0 Å². The van der Waals surface area contributed by atoms with Gasteiger partial charge in [-0.25, -0.2) is 0 Å². The van der Waals surface area contributed by atoms with Gasteiger partial charge in [-0.15, -0.1) is 0 Å². The molecule has 1 heterocycles. The molecule has 144 valence electrons. The van der Waals surface area contributed by atoms with Crippen molar-refractivity contribution in [3.05, 3.63) is 64.7 Å². The first-order chi connectivity index (χ1) is 13.1. The number of nitrogens with zero attached hydrogens (tertiary/aromatic N) is 1. The molecule has 3 rings (SSSR count). The van der Waals surface area contributed by atoms with Crippen LogP contribution in [0.5, 0.6) is 5.75 Å². The van der Waals surface area contributed by atoms with E-state index in [1.165, 1.54) is 30.4 Å². The van der Waals surface area contributed by atoms with Crippen molar-refractivity contribution in [2.75, 3.05) is 26.2 Å². The summed E-state index contributed by atoms with van der Waals surface area (Å²) in [4.78, 5) is 14.7. The topological polar surface area (TPSA) is 41.6 Å². The van der Waals surface area contributed by atoms with Gasteiger partial charge in [0.05, 0.1) is 6.04 Å². The molecule has 0 bridgehead atoms. The lowest BCUT2D eigenvalue weighted by atomic mass is 10.0. The van der Waals surface area contributed by atoms with Gasteiger partial charge in [0.15, 0.2) is 6.61 Å². The lowest BCUT2D eigenvalue weighted by Crippen LogP contribution is -2.41. The number of hydrogen-bond donors (Lipinski definition) is 1. The van der Waals surface area contributed by atoms with Gasteiger partial charge in [0, 0.05) is 11.6 Å². The molecule has 5 heteroatoms. The molecule has 1 amide bonds. The van der Waals surface area contributed by atoms with Crippen LogP contribution in [0, 0.1) is 6.92 Å². The fourth-order valence-electron chi connectivity index (χ4n) is 3.42. The number of rotatable bonds is 7. The summed E-state index contributed by atoms with van der Waals surface area (Å²) in [6.07, 6.45) is 3.68. The zero-order valence-corrected chi connectivity index (χ0v) is 16.5. The Labute approximate surface area is 166 Å². The monoisotopic (exact) mass is 386 g/mol. The highest BCUT2D eigenvalue weighted by Crippen LogP contribution is 2.25. The first-order valence-corrected chi connectivity index (χ1v) is 9.95. The molecule has 1 aliphatic rings. The van der Waals surface area contributed by atoms with Crippen LogP contribution < -0.4 is 10.1 Å². The molecule has 1 aliphatic heterocycles. The van der Waals surface area contributed by atoms with Crippen LogP contribution in [0.15, 0.2) is 48.5 Å². The summed E-state index contributed by atoms with van der Waals surface area (Å²) in [7, 11) is 0. The van der Waals surface area contributed by atoms with Gasteiger partial charge in [-0.2, -0.15) is 0 Å². The number of likely N-dealkylation sites (tertiary alicyclic amines) is 1. The van der Waals surface area contributed by atoms with Crippen LogP contribution in [0.3, 0.4) is 0 Å². The summed E-state index contributed by atoms with van der Waals surface area (Å²) in [5.41, 5.74) is 2.35. The number of amides is 1. The number of hydrogen-bond acceptors (Lipinski definition) is 3. The van der Waals surface area contributed by atoms with Crippen LogP contribution in [0.25, 0.3) is 0 Å². The first kappa shape index (κ1) is 19.7. The van der Waals surface area contributed by atoms with Crippen molar-refractivity contribution in [2.45, 2.75) is 32.2 Å². The van der Waals surface area contributed by atoms with E-state index in [0.717, 1.165) is 18.1 Å². The average Bonchev–Trinajstić information content (AvgIpc) is 2.70. The van der Waals surface area contributed by atoms with Gasteiger partial charge in [-0.05, 0) is 62.7 Å². The molecule has 2 aromatic carbocycles. The second-order valence-corrected chi connectivity index (χ2v) is 7.51. The molecule has 0 unspecified atom stereocenters. The summed E-state index contributed by atoms with van der Waals surface area (Å²) in [5, 5.41) is 3.76. The van der Waals surface area contributed by atoms with Crippen molar-refractivity contribution in [1.82, 2.24) is 10.2 Å². The van der Waals surface area contributed by atoms with Gasteiger partial charge in [0.2, 0.25) is 0 Å². The molecule has 27 heavy (non-hydrogen) atoms. The predicted molar refractivity (Wildman–Crippen MR) is 109 cm³/mol. The first-order valence-electron chi connectivity index (χ1n) is 9.57. The van der Waals surface area contributed by atoms with E-state index in [0.29, 0.717) is 12.3 Å². The van der Waals surface area contributed by atoms with Gasteiger partial charge in [0.1, 0.15) is 5.75 Å². The second kappa shape index (κ2) is 9.77. The van der Waals surface area contributed by atoms with E-state index in [1.54, 1.807) is 0 Å². The fourth-order valence-corrected chi connectivity index (χ4v) is 3.54. The zero-order chi connectivity index (χ0) is 19.1. The van der Waals surface area contributed by atoms with E-state index in [2.05, 4.69) is 22.3 Å². The van der Waals surface area contributed by atoms with Crippen molar-refractivity contribution in [1.29, 1.82) is 0 Å². The number of benzene rings is 2. The molecule has 2 aromatic rings. The van der Waals surface area contributed by atoms with Crippen molar-refractivity contribution >= 4 is 17.5 Å². The van der Waals surface area contributed by atoms with Crippen LogP contribution >= 0.6 is 11.6 Å². The highest BCUT2D eigenvalue weighted by atomic mass is 35.5. The van der Waals surface area contributed by atoms with Crippen molar-refractivity contribution in [3.63, 3.8) is 0 Å². The second-order valence-electron chi connectivity index (χ2n) is 7.07. The molecular formula is C22H27ClN2O2. The maximum atomic E-state index is 12.3. The van der Waals surface area contributed by atoms with Crippen LogP contribution in [0.4, 0.5) is 0 Å². The van der Waals surface area contributed by atoms with E-state index in [1.807, 2.05) is 43.3 Å². The van der Waals surface area contributed by atoms with E-state index in [4.69, 9.17) is 16.3 Å². The average molecular weight is 387 g/mol. The van der Waals surface area contributed by atoms with Crippen molar-refractivity contribution < 1.29 is 9.53 Å². The maximum Gasteiger partial charge on any atom is 0.258 e. The fraction of sp³-hybridized carbons (Fsp3) is 0.409. The van der Waals surface area contributed by atoms with Gasteiger partial charge in [0.25, 0.3) is 5.91 Å². The number of nitrogens with one attached hydrogen (secondary N) is 1. The highest BCUT2D eigenvalue weighted by molar-refractivity contribution is 6.30. The molecular weight excluding hydrogens is 360 g/mol. The molecule has 1 atom stereocenters. The Kier molecular flexibility index (Phi) is 7.13. The molecule has 1 N–H and O–H groups in total. The Morgan fingerprint density at radius 1 is 1.07 bits per heavy atom. The van der Waals surface area contributed by atoms with E-state index < -0.39 is 0 Å². The zero-order valence-electron chi connectivity index (χ0n) is 15.8. The highest BCUT2D eigenvalue weighted by Gasteiger charge is 2.22. The number of ether oxygens (including phenoxy) is 1.